The van der Waals surface area contributed by atoms with Crippen LogP contribution < -0.4 is 16.0 Å². The molecule has 0 saturated carbocycles. The Morgan fingerprint density at radius 3 is 2.62 bits per heavy atom. The minimum atomic E-state index is -4.45. The molecule has 0 bridgehead atoms. The maximum absolute atomic E-state index is 13.0. The van der Waals surface area contributed by atoms with E-state index in [1.165, 1.54) is 29.3 Å². The number of alkyl halides is 3. The van der Waals surface area contributed by atoms with E-state index in [2.05, 4.69) is 37.8 Å². The van der Waals surface area contributed by atoms with E-state index in [0.717, 1.165) is 18.6 Å². The lowest BCUT2D eigenvalue weighted by Gasteiger charge is -2.14. The Bertz CT molecular complexity index is 1220. The Morgan fingerprint density at radius 1 is 1.15 bits per heavy atom. The van der Waals surface area contributed by atoms with E-state index in [-0.39, 0.29) is 30.0 Å². The lowest BCUT2D eigenvalue weighted by atomic mass is 10.2. The third kappa shape index (κ3) is 11.7. The molecule has 1 aromatic heterocycles. The predicted octanol–water partition coefficient (Wildman–Crippen LogP) is 3.89. The van der Waals surface area contributed by atoms with Crippen LogP contribution in [0, 0.1) is 11.8 Å². The van der Waals surface area contributed by atoms with Gasteiger partial charge in [0, 0.05) is 44.9 Å². The number of anilines is 3. The van der Waals surface area contributed by atoms with Gasteiger partial charge in [-0.25, -0.2) is 4.98 Å². The minimum Gasteiger partial charge on any atom is -0.369 e. The molecule has 0 fully saturated rings. The fraction of sp³-hybridized carbons (Fsp3) is 0.429. The largest absolute Gasteiger partial charge is 0.416 e. The number of likely N-dealkylation sites (N-methyl/N-ethyl adjacent to an activating group) is 2. The summed E-state index contributed by atoms with van der Waals surface area (Å²) in [5.41, 5.74) is -0.00294. The molecule has 12 heteroatoms. The van der Waals surface area contributed by atoms with Gasteiger partial charge in [-0.2, -0.15) is 18.2 Å². The Balaban J connectivity index is 1.89. The summed E-state index contributed by atoms with van der Waals surface area (Å²) >= 11 is 0. The summed E-state index contributed by atoms with van der Waals surface area (Å²) in [7, 11) is 5.36. The zero-order valence-electron chi connectivity index (χ0n) is 23.2. The Morgan fingerprint density at radius 2 is 1.93 bits per heavy atom. The first-order chi connectivity index (χ1) is 19.0. The van der Waals surface area contributed by atoms with Crippen molar-refractivity contribution in [3.05, 3.63) is 53.7 Å². The highest BCUT2D eigenvalue weighted by Gasteiger charge is 2.30. The number of carbonyl (C=O) groups excluding carboxylic acids is 2. The van der Waals surface area contributed by atoms with Gasteiger partial charge in [-0.1, -0.05) is 30.9 Å². The monoisotopic (exact) mass is 559 g/mol. The van der Waals surface area contributed by atoms with Gasteiger partial charge in [0.2, 0.25) is 17.8 Å². The number of aromatic nitrogens is 2. The molecule has 0 atom stereocenters. The van der Waals surface area contributed by atoms with Crippen LogP contribution in [0.25, 0.3) is 0 Å². The molecule has 216 valence electrons. The van der Waals surface area contributed by atoms with Crippen LogP contribution in [0.15, 0.2) is 42.6 Å². The SMILES string of the molecule is CCCNc1nc(Nc2cccc(C(F)(F)F)c2)ncc1C#CCCCNC(=O)CN(C)C(=O)/C=C/CN(C)C. The van der Waals surface area contributed by atoms with E-state index < -0.39 is 11.7 Å². The van der Waals surface area contributed by atoms with Crippen molar-refractivity contribution in [3.8, 4) is 11.8 Å². The maximum Gasteiger partial charge on any atom is 0.416 e. The fourth-order valence-electron chi connectivity index (χ4n) is 3.22. The maximum atomic E-state index is 13.0. The van der Waals surface area contributed by atoms with Crippen molar-refractivity contribution in [2.75, 3.05) is 58.0 Å². The van der Waals surface area contributed by atoms with Gasteiger partial charge in [0.15, 0.2) is 0 Å². The van der Waals surface area contributed by atoms with Gasteiger partial charge < -0.3 is 25.8 Å². The number of nitrogens with zero attached hydrogens (tertiary/aromatic N) is 4. The Labute approximate surface area is 233 Å². The molecule has 0 aliphatic heterocycles. The third-order valence-electron chi connectivity index (χ3n) is 5.29. The molecule has 0 saturated heterocycles. The molecule has 1 aromatic carbocycles. The first kappa shape index (κ1) is 32.1. The number of benzene rings is 1. The third-order valence-corrected chi connectivity index (χ3v) is 5.29. The van der Waals surface area contributed by atoms with Crippen molar-refractivity contribution in [1.82, 2.24) is 25.1 Å². The number of hydrogen-bond donors (Lipinski definition) is 3. The second-order valence-corrected chi connectivity index (χ2v) is 9.20. The van der Waals surface area contributed by atoms with Gasteiger partial charge in [0.25, 0.3) is 0 Å². The summed E-state index contributed by atoms with van der Waals surface area (Å²) in [6.45, 7) is 3.62. The summed E-state index contributed by atoms with van der Waals surface area (Å²) < 4.78 is 39.0. The molecule has 0 aliphatic carbocycles. The van der Waals surface area contributed by atoms with Crippen LogP contribution in [-0.2, 0) is 15.8 Å². The van der Waals surface area contributed by atoms with Crippen molar-refractivity contribution in [2.45, 2.75) is 32.4 Å². The number of halogens is 3. The van der Waals surface area contributed by atoms with Crippen molar-refractivity contribution in [1.29, 1.82) is 0 Å². The van der Waals surface area contributed by atoms with E-state index in [9.17, 15) is 22.8 Å². The van der Waals surface area contributed by atoms with E-state index in [0.29, 0.717) is 43.9 Å². The molecular weight excluding hydrogens is 523 g/mol. The molecule has 3 N–H and O–H groups in total. The highest BCUT2D eigenvalue weighted by Crippen LogP contribution is 2.31. The Hall–Kier alpha value is -4.11. The number of rotatable bonds is 13. The molecule has 0 aliphatic rings. The fourth-order valence-corrected chi connectivity index (χ4v) is 3.22. The van der Waals surface area contributed by atoms with Crippen LogP contribution in [0.1, 0.15) is 37.3 Å². The second kappa shape index (κ2) is 16.1. The van der Waals surface area contributed by atoms with Crippen molar-refractivity contribution < 1.29 is 22.8 Å². The lowest BCUT2D eigenvalue weighted by Crippen LogP contribution is -2.38. The van der Waals surface area contributed by atoms with Crippen LogP contribution in [-0.4, -0.2) is 78.9 Å². The zero-order valence-corrected chi connectivity index (χ0v) is 23.2. The highest BCUT2D eigenvalue weighted by molar-refractivity contribution is 5.91. The number of carbonyl (C=O) groups is 2. The summed E-state index contributed by atoms with van der Waals surface area (Å²) in [6.07, 6.45) is 2.18. The van der Waals surface area contributed by atoms with E-state index in [1.807, 2.05) is 25.9 Å². The molecular formula is C28H36F3N7O2. The molecule has 2 aromatic rings. The van der Waals surface area contributed by atoms with Gasteiger partial charge in [-0.05, 0) is 45.1 Å². The lowest BCUT2D eigenvalue weighted by molar-refractivity contribution is -0.137. The summed E-state index contributed by atoms with van der Waals surface area (Å²) in [5.74, 6) is 6.16. The van der Waals surface area contributed by atoms with Gasteiger partial charge in [0.1, 0.15) is 5.82 Å². The standard InChI is InChI=1S/C28H36F3N7O2/c1-5-15-33-26-21(19-34-27(36-26)35-23-13-9-12-22(18-23)28(29,30)31)11-7-6-8-16-32-24(39)20-38(4)25(40)14-10-17-37(2)3/h9-10,12-14,18-19H,5-6,8,15-17,20H2,1-4H3,(H,32,39)(H2,33,34,35,36)/b14-10+. The summed E-state index contributed by atoms with van der Waals surface area (Å²) in [5, 5.41) is 8.75. The van der Waals surface area contributed by atoms with Gasteiger partial charge in [-0.3, -0.25) is 9.59 Å². The van der Waals surface area contributed by atoms with E-state index in [4.69, 9.17) is 0 Å². The first-order valence-corrected chi connectivity index (χ1v) is 12.9. The summed E-state index contributed by atoms with van der Waals surface area (Å²) in [4.78, 5) is 36.0. The predicted molar refractivity (Wildman–Crippen MR) is 150 cm³/mol. The van der Waals surface area contributed by atoms with Crippen LogP contribution >= 0.6 is 0 Å². The number of amides is 2. The zero-order chi connectivity index (χ0) is 29.5. The topological polar surface area (TPSA) is 102 Å². The van der Waals surface area contributed by atoms with Crippen LogP contribution in [0.5, 0.6) is 0 Å². The molecule has 0 radical (unpaired) electrons. The van der Waals surface area contributed by atoms with Crippen molar-refractivity contribution in [3.63, 3.8) is 0 Å². The summed E-state index contributed by atoms with van der Waals surface area (Å²) in [6, 6.07) is 4.81. The number of hydrogen-bond acceptors (Lipinski definition) is 7. The molecule has 0 spiro atoms. The van der Waals surface area contributed by atoms with Gasteiger partial charge in [0.05, 0.1) is 23.9 Å². The van der Waals surface area contributed by atoms with E-state index in [1.54, 1.807) is 13.1 Å². The Kier molecular flexibility index (Phi) is 12.9. The highest BCUT2D eigenvalue weighted by atomic mass is 19.4. The molecule has 9 nitrogen and oxygen atoms in total. The van der Waals surface area contributed by atoms with Gasteiger partial charge in [-0.15, -0.1) is 0 Å². The average molecular weight is 560 g/mol. The van der Waals surface area contributed by atoms with Crippen LogP contribution in [0.2, 0.25) is 0 Å². The molecule has 1 heterocycles. The molecule has 2 amide bonds. The normalized spacial score (nSPS) is 11.2. The first-order valence-electron chi connectivity index (χ1n) is 12.9. The number of nitrogens with one attached hydrogen (secondary N) is 3. The van der Waals surface area contributed by atoms with Crippen LogP contribution in [0.3, 0.4) is 0 Å². The quantitative estimate of drug-likeness (QED) is 0.194. The smallest absolute Gasteiger partial charge is 0.369 e. The molecule has 2 rings (SSSR count). The second-order valence-electron chi connectivity index (χ2n) is 9.20. The number of unbranched alkanes of at least 4 members (excludes halogenated alkanes) is 1. The van der Waals surface area contributed by atoms with Gasteiger partial charge >= 0.3 is 6.18 Å². The minimum absolute atomic E-state index is 0.0402. The van der Waals surface area contributed by atoms with Crippen molar-refractivity contribution >= 4 is 29.3 Å². The van der Waals surface area contributed by atoms with Crippen molar-refractivity contribution in [2.24, 2.45) is 0 Å². The van der Waals surface area contributed by atoms with E-state index >= 15 is 0 Å². The molecule has 0 unspecified atom stereocenters. The molecule has 40 heavy (non-hydrogen) atoms. The van der Waals surface area contributed by atoms with Crippen LogP contribution in [0.4, 0.5) is 30.6 Å². The average Bonchev–Trinajstić information content (AvgIpc) is 2.89.